The summed E-state index contributed by atoms with van der Waals surface area (Å²) < 4.78 is 94.0. The number of aromatic nitrogens is 8. The summed E-state index contributed by atoms with van der Waals surface area (Å²) in [7, 11) is 0. The van der Waals surface area contributed by atoms with Crippen LogP contribution in [0.2, 0.25) is 0 Å². The second-order valence-electron chi connectivity index (χ2n) is 16.4. The lowest BCUT2D eigenvalue weighted by Crippen LogP contribution is -2.08. The van der Waals surface area contributed by atoms with Gasteiger partial charge >= 0.3 is 0 Å². The van der Waals surface area contributed by atoms with Crippen LogP contribution in [0.1, 0.15) is 101 Å². The van der Waals surface area contributed by atoms with Crippen LogP contribution < -0.4 is 0 Å². The topological polar surface area (TPSA) is 101 Å². The first-order valence-corrected chi connectivity index (χ1v) is 21.0. The van der Waals surface area contributed by atoms with Gasteiger partial charge in [-0.25, -0.2) is 35.7 Å². The van der Waals surface area contributed by atoms with E-state index in [-0.39, 0.29) is 23.6 Å². The summed E-state index contributed by atoms with van der Waals surface area (Å²) in [5, 5.41) is 26.9. The SMILES string of the molecule is Cc1nn(CC2CC2)cc1Cc1cc(C(F)F)nn1-c1ccc(F)cc1CO.Cc1nn(CC2CC2)cc1Cc1cc(C(F)F)nn1-c1ccc(F)cc1COCc1ccccc1. The first kappa shape index (κ1) is 43.6. The van der Waals surface area contributed by atoms with Gasteiger partial charge in [-0.15, -0.1) is 0 Å². The van der Waals surface area contributed by atoms with Crippen molar-refractivity contribution in [2.75, 3.05) is 0 Å². The molecule has 4 aromatic heterocycles. The molecule has 2 aliphatic carbocycles. The Morgan fingerprint density at radius 2 is 1.08 bits per heavy atom. The van der Waals surface area contributed by atoms with E-state index < -0.39 is 31.1 Å². The highest BCUT2D eigenvalue weighted by Gasteiger charge is 2.25. The van der Waals surface area contributed by atoms with Gasteiger partial charge in [-0.1, -0.05) is 30.3 Å². The van der Waals surface area contributed by atoms with Crippen molar-refractivity contribution >= 4 is 0 Å². The minimum atomic E-state index is -2.73. The predicted molar refractivity (Wildman–Crippen MR) is 223 cm³/mol. The summed E-state index contributed by atoms with van der Waals surface area (Å²) in [4.78, 5) is 0. The van der Waals surface area contributed by atoms with Crippen molar-refractivity contribution in [1.29, 1.82) is 0 Å². The first-order chi connectivity index (χ1) is 30.4. The Bertz CT molecular complexity index is 2650. The number of benzene rings is 3. The molecule has 16 heteroatoms. The highest BCUT2D eigenvalue weighted by atomic mass is 19.3. The Labute approximate surface area is 360 Å². The van der Waals surface area contributed by atoms with E-state index in [1.807, 2.05) is 65.9 Å². The van der Waals surface area contributed by atoms with Crippen LogP contribution in [0.4, 0.5) is 26.3 Å². The zero-order valence-electron chi connectivity index (χ0n) is 34.9. The lowest BCUT2D eigenvalue weighted by atomic mass is 10.1. The lowest BCUT2D eigenvalue weighted by molar-refractivity contribution is 0.107. The number of aliphatic hydroxyl groups excluding tert-OH is 1. The summed E-state index contributed by atoms with van der Waals surface area (Å²) >= 11 is 0. The van der Waals surface area contributed by atoms with Crippen LogP contribution in [-0.2, 0) is 50.5 Å². The fraction of sp³-hybridized carbons (Fsp3) is 0.362. The Hall–Kier alpha value is -6.00. The van der Waals surface area contributed by atoms with Crippen LogP contribution in [0.15, 0.2) is 91.3 Å². The monoisotopic (exact) mass is 870 g/mol. The van der Waals surface area contributed by atoms with Crippen molar-refractivity contribution in [3.05, 3.63) is 165 Å². The van der Waals surface area contributed by atoms with Crippen molar-refractivity contribution in [2.45, 2.75) is 98.1 Å². The molecule has 1 N–H and O–H groups in total. The minimum absolute atomic E-state index is 0.115. The summed E-state index contributed by atoms with van der Waals surface area (Å²) in [5.41, 5.74) is 6.74. The molecule has 330 valence electrons. The molecule has 0 atom stereocenters. The lowest BCUT2D eigenvalue weighted by Gasteiger charge is -2.13. The molecule has 2 saturated carbocycles. The summed E-state index contributed by atoms with van der Waals surface area (Å²) in [6.07, 6.45) is 4.11. The summed E-state index contributed by atoms with van der Waals surface area (Å²) in [5.74, 6) is 0.421. The molecular weight excluding hydrogens is 823 g/mol. The number of hydrogen-bond acceptors (Lipinski definition) is 6. The molecule has 0 spiro atoms. The summed E-state index contributed by atoms with van der Waals surface area (Å²) in [6, 6.07) is 20.5. The van der Waals surface area contributed by atoms with Gasteiger partial charge in [-0.05, 0) is 117 Å². The number of halogens is 6. The molecule has 0 radical (unpaired) electrons. The van der Waals surface area contributed by atoms with Crippen molar-refractivity contribution in [2.24, 2.45) is 11.8 Å². The second kappa shape index (κ2) is 19.2. The fourth-order valence-electron chi connectivity index (χ4n) is 7.55. The van der Waals surface area contributed by atoms with Crippen LogP contribution >= 0.6 is 0 Å². The third-order valence-corrected chi connectivity index (χ3v) is 11.3. The molecule has 0 aliphatic heterocycles. The minimum Gasteiger partial charge on any atom is -0.392 e. The third kappa shape index (κ3) is 11.0. The molecule has 2 aliphatic rings. The number of rotatable bonds is 17. The quantitative estimate of drug-likeness (QED) is 0.0915. The summed E-state index contributed by atoms with van der Waals surface area (Å²) in [6.45, 7) is 5.61. The van der Waals surface area contributed by atoms with Gasteiger partial charge in [0.25, 0.3) is 12.9 Å². The van der Waals surface area contributed by atoms with Crippen LogP contribution in [0.25, 0.3) is 11.4 Å². The number of nitrogens with zero attached hydrogens (tertiary/aromatic N) is 8. The first-order valence-electron chi connectivity index (χ1n) is 21.0. The largest absolute Gasteiger partial charge is 0.392 e. The van der Waals surface area contributed by atoms with Crippen LogP contribution in [0.5, 0.6) is 0 Å². The number of ether oxygens (including phenoxy) is 1. The normalized spacial score (nSPS) is 13.9. The predicted octanol–water partition coefficient (Wildman–Crippen LogP) is 10.1. The number of aryl methyl sites for hydroxylation is 2. The van der Waals surface area contributed by atoms with E-state index in [0.29, 0.717) is 59.6 Å². The van der Waals surface area contributed by atoms with E-state index in [9.17, 15) is 31.4 Å². The van der Waals surface area contributed by atoms with Crippen LogP contribution in [-0.4, -0.2) is 44.2 Å². The molecule has 2 fully saturated rings. The van der Waals surface area contributed by atoms with Gasteiger partial charge in [-0.3, -0.25) is 9.36 Å². The van der Waals surface area contributed by atoms with Gasteiger partial charge in [0, 0.05) is 60.8 Å². The molecule has 9 rings (SSSR count). The Balaban J connectivity index is 0.000000177. The molecule has 63 heavy (non-hydrogen) atoms. The van der Waals surface area contributed by atoms with E-state index in [0.717, 1.165) is 41.2 Å². The Kier molecular flexibility index (Phi) is 13.3. The number of aliphatic hydroxyl groups is 1. The van der Waals surface area contributed by atoms with E-state index in [4.69, 9.17) is 4.74 Å². The maximum atomic E-state index is 14.1. The molecule has 0 saturated heterocycles. The van der Waals surface area contributed by atoms with Crippen molar-refractivity contribution in [3.63, 3.8) is 0 Å². The molecule has 0 unspecified atom stereocenters. The van der Waals surface area contributed by atoms with Crippen LogP contribution in [0.3, 0.4) is 0 Å². The molecule has 7 aromatic rings. The molecule has 10 nitrogen and oxygen atoms in total. The Morgan fingerprint density at radius 3 is 1.54 bits per heavy atom. The Morgan fingerprint density at radius 1 is 0.603 bits per heavy atom. The number of alkyl halides is 4. The fourth-order valence-corrected chi connectivity index (χ4v) is 7.55. The number of hydrogen-bond donors (Lipinski definition) is 1. The van der Waals surface area contributed by atoms with Crippen molar-refractivity contribution in [1.82, 2.24) is 39.1 Å². The molecule has 0 amide bonds. The maximum Gasteiger partial charge on any atom is 0.282 e. The molecule has 0 bridgehead atoms. The highest BCUT2D eigenvalue weighted by Crippen LogP contribution is 2.33. The van der Waals surface area contributed by atoms with E-state index >= 15 is 0 Å². The average molecular weight is 871 g/mol. The van der Waals surface area contributed by atoms with Gasteiger partial charge < -0.3 is 9.84 Å². The highest BCUT2D eigenvalue weighted by molar-refractivity contribution is 5.44. The van der Waals surface area contributed by atoms with Crippen molar-refractivity contribution < 1.29 is 36.2 Å². The van der Waals surface area contributed by atoms with E-state index in [2.05, 4.69) is 20.4 Å². The van der Waals surface area contributed by atoms with Gasteiger partial charge in [-0.2, -0.15) is 20.4 Å². The molecular formula is C47H48F6N8O2. The zero-order chi connectivity index (χ0) is 44.2. The van der Waals surface area contributed by atoms with E-state index in [1.165, 1.54) is 77.5 Å². The van der Waals surface area contributed by atoms with Gasteiger partial charge in [0.2, 0.25) is 0 Å². The zero-order valence-corrected chi connectivity index (χ0v) is 34.9. The third-order valence-electron chi connectivity index (χ3n) is 11.3. The maximum absolute atomic E-state index is 14.1. The van der Waals surface area contributed by atoms with Gasteiger partial charge in [0.05, 0.1) is 42.6 Å². The average Bonchev–Trinajstić information content (AvgIpc) is 4.09. The second-order valence-corrected chi connectivity index (χ2v) is 16.4. The molecule has 3 aromatic carbocycles. The van der Waals surface area contributed by atoms with Crippen LogP contribution in [0, 0.1) is 37.3 Å². The van der Waals surface area contributed by atoms with E-state index in [1.54, 1.807) is 6.07 Å². The van der Waals surface area contributed by atoms with Gasteiger partial charge in [0.1, 0.15) is 23.0 Å². The standard InChI is InChI=1S/C27H27F3N4O.C20H21F3N4O/c1-18-21(15-33(31-18)14-19-7-8-19)12-24-13-25(27(29)30)32-34(24)26-10-9-23(28)11-22(26)17-35-16-20-5-3-2-4-6-20;1-12-14(10-26(24-12)9-13-2-3-13)7-17-8-18(20(22)23)25-27(17)19-5-4-16(21)6-15(19)11-28/h2-6,9-11,13,15,19,27H,7-8,12,14,16-17H2,1H3;4-6,8,10,13,20,28H,2-3,7,9,11H2,1H3. The van der Waals surface area contributed by atoms with Crippen molar-refractivity contribution in [3.8, 4) is 11.4 Å². The van der Waals surface area contributed by atoms with Gasteiger partial charge in [0.15, 0.2) is 0 Å². The molecule has 4 heterocycles. The smallest absolute Gasteiger partial charge is 0.282 e.